The molecule has 0 bridgehead atoms. The first-order chi connectivity index (χ1) is 17.1. The first-order valence-corrected chi connectivity index (χ1v) is 11.5. The zero-order valence-corrected chi connectivity index (χ0v) is 19.1. The normalized spacial score (nSPS) is 11.6. The Balaban J connectivity index is 1.58. The molecule has 0 unspecified atom stereocenters. The van der Waals surface area contributed by atoms with Crippen molar-refractivity contribution in [3.8, 4) is 0 Å². The fourth-order valence-corrected chi connectivity index (χ4v) is 4.57. The molecule has 0 radical (unpaired) electrons. The van der Waals surface area contributed by atoms with Crippen molar-refractivity contribution < 1.29 is 4.39 Å². The van der Waals surface area contributed by atoms with Gasteiger partial charge in [-0.15, -0.1) is 0 Å². The first-order valence-electron chi connectivity index (χ1n) is 11.5. The summed E-state index contributed by atoms with van der Waals surface area (Å²) in [7, 11) is 0. The zero-order chi connectivity index (χ0) is 23.9. The van der Waals surface area contributed by atoms with Gasteiger partial charge in [-0.3, -0.25) is 9.36 Å². The predicted molar refractivity (Wildman–Crippen MR) is 135 cm³/mol. The standard InChI is InChI=1S/C28H22FN5O/c1-18-30-26-24(28(35)33(18)16-15-19-7-3-2-4-8-19)25-27(32-23-10-6-5-9-22(23)31-25)34(26)17-20-11-13-21(29)14-12-20/h2-14H,15-17H2,1H3. The lowest BCUT2D eigenvalue weighted by atomic mass is 10.1. The third-order valence-electron chi connectivity index (χ3n) is 6.36. The molecule has 0 aliphatic carbocycles. The summed E-state index contributed by atoms with van der Waals surface area (Å²) < 4.78 is 17.1. The van der Waals surface area contributed by atoms with E-state index >= 15 is 0 Å². The van der Waals surface area contributed by atoms with E-state index < -0.39 is 0 Å². The molecule has 0 aliphatic rings. The topological polar surface area (TPSA) is 65.6 Å². The van der Waals surface area contributed by atoms with Crippen molar-refractivity contribution in [1.82, 2.24) is 24.1 Å². The van der Waals surface area contributed by atoms with Crippen molar-refractivity contribution in [2.75, 3.05) is 0 Å². The highest BCUT2D eigenvalue weighted by atomic mass is 19.1. The van der Waals surface area contributed by atoms with Gasteiger partial charge >= 0.3 is 0 Å². The number of nitrogens with zero attached hydrogens (tertiary/aromatic N) is 5. The van der Waals surface area contributed by atoms with E-state index in [1.54, 1.807) is 16.7 Å². The number of fused-ring (bicyclic) bond motifs is 4. The van der Waals surface area contributed by atoms with Gasteiger partial charge in [0.25, 0.3) is 5.56 Å². The predicted octanol–water partition coefficient (Wildman–Crippen LogP) is 5.03. The van der Waals surface area contributed by atoms with E-state index in [0.29, 0.717) is 41.1 Å². The fourth-order valence-electron chi connectivity index (χ4n) is 4.57. The highest BCUT2D eigenvalue weighted by Gasteiger charge is 2.21. The molecular formula is C28H22FN5O. The van der Waals surface area contributed by atoms with Gasteiger partial charge in [-0.1, -0.05) is 54.6 Å². The number of hydrogen-bond acceptors (Lipinski definition) is 4. The molecule has 3 aromatic heterocycles. The van der Waals surface area contributed by atoms with E-state index in [0.717, 1.165) is 28.6 Å². The molecule has 7 heteroatoms. The smallest absolute Gasteiger partial charge is 0.265 e. The summed E-state index contributed by atoms with van der Waals surface area (Å²) in [5.74, 6) is 0.336. The molecule has 0 fully saturated rings. The van der Waals surface area contributed by atoms with Gasteiger partial charge in [0, 0.05) is 6.54 Å². The van der Waals surface area contributed by atoms with Crippen molar-refractivity contribution in [1.29, 1.82) is 0 Å². The number of aryl methyl sites for hydroxylation is 2. The summed E-state index contributed by atoms with van der Waals surface area (Å²) in [5.41, 5.74) is 5.03. The van der Waals surface area contributed by atoms with E-state index in [2.05, 4.69) is 12.1 Å². The second kappa shape index (κ2) is 8.43. The molecule has 0 spiro atoms. The molecule has 0 amide bonds. The van der Waals surface area contributed by atoms with Crippen LogP contribution < -0.4 is 5.56 Å². The number of halogens is 1. The second-order valence-corrected chi connectivity index (χ2v) is 8.65. The van der Waals surface area contributed by atoms with Gasteiger partial charge in [-0.25, -0.2) is 19.3 Å². The van der Waals surface area contributed by atoms with Crippen molar-refractivity contribution in [3.63, 3.8) is 0 Å². The first kappa shape index (κ1) is 21.2. The average Bonchev–Trinajstić information content (AvgIpc) is 3.16. The number of para-hydroxylation sites is 2. The molecule has 6 rings (SSSR count). The second-order valence-electron chi connectivity index (χ2n) is 8.65. The highest BCUT2D eigenvalue weighted by Crippen LogP contribution is 2.26. The molecular weight excluding hydrogens is 441 g/mol. The Hall–Kier alpha value is -4.39. The fraction of sp³-hybridized carbons (Fsp3) is 0.143. The van der Waals surface area contributed by atoms with Gasteiger partial charge in [-0.2, -0.15) is 0 Å². The number of aromatic nitrogens is 5. The zero-order valence-electron chi connectivity index (χ0n) is 19.1. The maximum atomic E-state index is 13.8. The number of rotatable bonds is 5. The quantitative estimate of drug-likeness (QED) is 0.360. The van der Waals surface area contributed by atoms with Crippen LogP contribution >= 0.6 is 0 Å². The van der Waals surface area contributed by atoms with Crippen LogP contribution in [0.15, 0.2) is 83.7 Å². The lowest BCUT2D eigenvalue weighted by Gasteiger charge is -2.11. The van der Waals surface area contributed by atoms with E-state index in [-0.39, 0.29) is 11.4 Å². The van der Waals surface area contributed by atoms with Crippen LogP contribution in [0.1, 0.15) is 17.0 Å². The molecule has 3 aromatic carbocycles. The summed E-state index contributed by atoms with van der Waals surface area (Å²) in [4.78, 5) is 28.4. The Morgan fingerprint density at radius 1 is 0.743 bits per heavy atom. The van der Waals surface area contributed by atoms with E-state index in [1.165, 1.54) is 12.1 Å². The van der Waals surface area contributed by atoms with E-state index in [4.69, 9.17) is 15.0 Å². The van der Waals surface area contributed by atoms with Gasteiger partial charge in [0.05, 0.1) is 17.6 Å². The van der Waals surface area contributed by atoms with Crippen molar-refractivity contribution in [3.05, 3.63) is 112 Å². The average molecular weight is 464 g/mol. The van der Waals surface area contributed by atoms with Crippen molar-refractivity contribution >= 4 is 33.2 Å². The van der Waals surface area contributed by atoms with Crippen LogP contribution in [0, 0.1) is 12.7 Å². The Kier molecular flexibility index (Phi) is 5.10. The molecule has 35 heavy (non-hydrogen) atoms. The highest BCUT2D eigenvalue weighted by molar-refractivity contribution is 6.04. The van der Waals surface area contributed by atoms with Crippen LogP contribution in [-0.4, -0.2) is 24.1 Å². The van der Waals surface area contributed by atoms with Crippen LogP contribution in [0.25, 0.3) is 33.2 Å². The largest absolute Gasteiger partial charge is 0.304 e. The Labute approximate surface area is 200 Å². The van der Waals surface area contributed by atoms with Gasteiger partial charge in [0.1, 0.15) is 22.5 Å². The third kappa shape index (κ3) is 3.75. The lowest BCUT2D eigenvalue weighted by Crippen LogP contribution is -2.25. The van der Waals surface area contributed by atoms with Gasteiger partial charge in [-0.05, 0) is 48.7 Å². The summed E-state index contributed by atoms with van der Waals surface area (Å²) >= 11 is 0. The molecule has 0 N–H and O–H groups in total. The SMILES string of the molecule is Cc1nc2c(c(=O)n1CCc1ccccc1)c1nc3ccccc3nc1n2Cc1ccc(F)cc1. The van der Waals surface area contributed by atoms with Crippen LogP contribution in [0.2, 0.25) is 0 Å². The molecule has 0 atom stereocenters. The van der Waals surface area contributed by atoms with Gasteiger partial charge in [0.15, 0.2) is 11.3 Å². The summed E-state index contributed by atoms with van der Waals surface area (Å²) in [6, 6.07) is 24.0. The molecule has 0 saturated heterocycles. The maximum Gasteiger partial charge on any atom is 0.265 e. The van der Waals surface area contributed by atoms with Gasteiger partial charge in [0.2, 0.25) is 0 Å². The van der Waals surface area contributed by atoms with Crippen LogP contribution in [-0.2, 0) is 19.5 Å². The summed E-state index contributed by atoms with van der Waals surface area (Å²) in [6.07, 6.45) is 0.720. The lowest BCUT2D eigenvalue weighted by molar-refractivity contribution is 0.626. The monoisotopic (exact) mass is 463 g/mol. The minimum absolute atomic E-state index is 0.129. The third-order valence-corrected chi connectivity index (χ3v) is 6.36. The summed E-state index contributed by atoms with van der Waals surface area (Å²) in [6.45, 7) is 2.76. The van der Waals surface area contributed by atoms with Crippen LogP contribution in [0.4, 0.5) is 4.39 Å². The molecule has 3 heterocycles. The Morgan fingerprint density at radius 3 is 2.17 bits per heavy atom. The Morgan fingerprint density at radius 2 is 1.43 bits per heavy atom. The number of benzene rings is 3. The maximum absolute atomic E-state index is 13.8. The van der Waals surface area contributed by atoms with Crippen LogP contribution in [0.3, 0.4) is 0 Å². The molecule has 0 aliphatic heterocycles. The van der Waals surface area contributed by atoms with Gasteiger partial charge < -0.3 is 4.57 Å². The minimum atomic E-state index is -0.294. The molecule has 0 saturated carbocycles. The molecule has 172 valence electrons. The van der Waals surface area contributed by atoms with E-state index in [9.17, 15) is 9.18 Å². The molecule has 6 nitrogen and oxygen atoms in total. The minimum Gasteiger partial charge on any atom is -0.304 e. The van der Waals surface area contributed by atoms with Crippen molar-refractivity contribution in [2.24, 2.45) is 0 Å². The molecule has 6 aromatic rings. The van der Waals surface area contributed by atoms with Crippen LogP contribution in [0.5, 0.6) is 0 Å². The number of hydrogen-bond donors (Lipinski definition) is 0. The Bertz CT molecular complexity index is 1750. The van der Waals surface area contributed by atoms with Crippen molar-refractivity contribution in [2.45, 2.75) is 26.4 Å². The van der Waals surface area contributed by atoms with E-state index in [1.807, 2.05) is 54.0 Å². The summed E-state index contributed by atoms with van der Waals surface area (Å²) in [5, 5.41) is 0.457.